The quantitative estimate of drug-likeness (QED) is 0.511. The zero-order chi connectivity index (χ0) is 20.5. The van der Waals surface area contributed by atoms with E-state index >= 15 is 0 Å². The van der Waals surface area contributed by atoms with Gasteiger partial charge in [0.05, 0.1) is 20.8 Å². The van der Waals surface area contributed by atoms with Crippen molar-refractivity contribution in [1.82, 2.24) is 0 Å². The van der Waals surface area contributed by atoms with E-state index in [0.29, 0.717) is 19.4 Å². The Labute approximate surface area is 171 Å². The summed E-state index contributed by atoms with van der Waals surface area (Å²) >= 11 is 0. The third-order valence-electron chi connectivity index (χ3n) is 4.44. The Morgan fingerprint density at radius 2 is 1.62 bits per heavy atom. The summed E-state index contributed by atoms with van der Waals surface area (Å²) in [5.74, 6) is 2.29. The normalized spacial score (nSPS) is 10.3. The van der Waals surface area contributed by atoms with Gasteiger partial charge in [0.1, 0.15) is 17.2 Å². The number of ether oxygens (including phenoxy) is 3. The van der Waals surface area contributed by atoms with Crippen molar-refractivity contribution in [2.45, 2.75) is 12.8 Å². The van der Waals surface area contributed by atoms with Crippen molar-refractivity contribution in [2.75, 3.05) is 26.1 Å². The lowest BCUT2D eigenvalue weighted by molar-refractivity contribution is -0.116. The highest BCUT2D eigenvalue weighted by Crippen LogP contribution is 2.33. The van der Waals surface area contributed by atoms with Crippen LogP contribution < -0.4 is 19.5 Å². The molecule has 0 aliphatic heterocycles. The van der Waals surface area contributed by atoms with Gasteiger partial charge in [-0.15, -0.1) is 0 Å². The van der Waals surface area contributed by atoms with E-state index in [0.717, 1.165) is 34.1 Å². The average Bonchev–Trinajstić information content (AvgIpc) is 2.77. The van der Waals surface area contributed by atoms with Gasteiger partial charge in [0.15, 0.2) is 0 Å². The van der Waals surface area contributed by atoms with Crippen LogP contribution in [0.25, 0.3) is 11.1 Å². The molecule has 1 N–H and O–H groups in total. The van der Waals surface area contributed by atoms with E-state index in [1.165, 1.54) is 0 Å². The number of benzene rings is 3. The average molecular weight is 391 g/mol. The zero-order valence-electron chi connectivity index (χ0n) is 16.7. The second-order valence-electron chi connectivity index (χ2n) is 6.46. The van der Waals surface area contributed by atoms with Crippen molar-refractivity contribution in [3.63, 3.8) is 0 Å². The van der Waals surface area contributed by atoms with Crippen LogP contribution in [0, 0.1) is 0 Å². The van der Waals surface area contributed by atoms with Crippen molar-refractivity contribution in [3.8, 4) is 28.4 Å². The number of nitrogens with one attached hydrogen (secondary N) is 1. The topological polar surface area (TPSA) is 56.8 Å². The molecular formula is C24H25NO4. The summed E-state index contributed by atoms with van der Waals surface area (Å²) in [4.78, 5) is 12.3. The van der Waals surface area contributed by atoms with Crippen LogP contribution in [0.15, 0.2) is 72.8 Å². The maximum Gasteiger partial charge on any atom is 0.224 e. The van der Waals surface area contributed by atoms with Crippen LogP contribution in [0.2, 0.25) is 0 Å². The van der Waals surface area contributed by atoms with Crippen molar-refractivity contribution in [2.24, 2.45) is 0 Å². The second kappa shape index (κ2) is 10.2. The minimum absolute atomic E-state index is 0.0486. The third-order valence-corrected chi connectivity index (χ3v) is 4.44. The molecule has 3 aromatic rings. The van der Waals surface area contributed by atoms with Crippen molar-refractivity contribution >= 4 is 11.6 Å². The molecule has 5 nitrogen and oxygen atoms in total. The van der Waals surface area contributed by atoms with Gasteiger partial charge >= 0.3 is 0 Å². The van der Waals surface area contributed by atoms with E-state index in [4.69, 9.17) is 14.2 Å². The standard InChI is InChI=1S/C24H25NO4/c1-27-20-13-10-18(11-14-20)22-17-19(12-15-23(22)28-2)25-24(26)9-6-16-29-21-7-4-3-5-8-21/h3-5,7-8,10-15,17H,6,9,16H2,1-2H3,(H,25,26). The summed E-state index contributed by atoms with van der Waals surface area (Å²) < 4.78 is 16.3. The molecular weight excluding hydrogens is 366 g/mol. The molecule has 0 heterocycles. The molecule has 0 radical (unpaired) electrons. The molecule has 0 aliphatic rings. The Hall–Kier alpha value is -3.47. The van der Waals surface area contributed by atoms with Gasteiger partial charge in [-0.05, 0) is 54.4 Å². The van der Waals surface area contributed by atoms with Crippen molar-refractivity contribution in [1.29, 1.82) is 0 Å². The minimum atomic E-state index is -0.0486. The second-order valence-corrected chi connectivity index (χ2v) is 6.46. The molecule has 0 aromatic heterocycles. The maximum absolute atomic E-state index is 12.3. The largest absolute Gasteiger partial charge is 0.497 e. The van der Waals surface area contributed by atoms with Crippen LogP contribution in [0.4, 0.5) is 5.69 Å². The molecule has 5 heteroatoms. The number of hydrogen-bond acceptors (Lipinski definition) is 4. The van der Waals surface area contributed by atoms with Gasteiger partial charge in [-0.3, -0.25) is 4.79 Å². The van der Waals surface area contributed by atoms with Crippen LogP contribution in [-0.2, 0) is 4.79 Å². The Morgan fingerprint density at radius 3 is 2.31 bits per heavy atom. The number of carbonyl (C=O) groups is 1. The van der Waals surface area contributed by atoms with Crippen molar-refractivity contribution in [3.05, 3.63) is 72.8 Å². The molecule has 0 bridgehead atoms. The third kappa shape index (κ3) is 5.75. The highest BCUT2D eigenvalue weighted by atomic mass is 16.5. The molecule has 0 unspecified atom stereocenters. The van der Waals surface area contributed by atoms with E-state index in [1.807, 2.05) is 72.8 Å². The molecule has 0 saturated heterocycles. The summed E-state index contributed by atoms with van der Waals surface area (Å²) in [7, 11) is 3.27. The highest BCUT2D eigenvalue weighted by Gasteiger charge is 2.10. The summed E-state index contributed by atoms with van der Waals surface area (Å²) in [6.45, 7) is 0.497. The first-order chi connectivity index (χ1) is 14.2. The lowest BCUT2D eigenvalue weighted by Gasteiger charge is -2.13. The van der Waals surface area contributed by atoms with Gasteiger partial charge in [0.2, 0.25) is 5.91 Å². The van der Waals surface area contributed by atoms with Gasteiger partial charge in [0, 0.05) is 17.7 Å². The van der Waals surface area contributed by atoms with E-state index in [-0.39, 0.29) is 5.91 Å². The van der Waals surface area contributed by atoms with E-state index < -0.39 is 0 Å². The van der Waals surface area contributed by atoms with E-state index in [2.05, 4.69) is 5.32 Å². The lowest BCUT2D eigenvalue weighted by Crippen LogP contribution is -2.13. The summed E-state index contributed by atoms with van der Waals surface area (Å²) in [5.41, 5.74) is 2.61. The molecule has 0 spiro atoms. The first-order valence-corrected chi connectivity index (χ1v) is 9.50. The number of methoxy groups -OCH3 is 2. The molecule has 1 amide bonds. The smallest absolute Gasteiger partial charge is 0.224 e. The van der Waals surface area contributed by atoms with Crippen LogP contribution in [0.3, 0.4) is 0 Å². The molecule has 29 heavy (non-hydrogen) atoms. The summed E-state index contributed by atoms with van der Waals surface area (Å²) in [6, 6.07) is 22.9. The number of para-hydroxylation sites is 1. The van der Waals surface area contributed by atoms with Gasteiger partial charge in [-0.2, -0.15) is 0 Å². The van der Waals surface area contributed by atoms with Gasteiger partial charge < -0.3 is 19.5 Å². The Bertz CT molecular complexity index is 923. The van der Waals surface area contributed by atoms with Gasteiger partial charge in [-0.25, -0.2) is 0 Å². The minimum Gasteiger partial charge on any atom is -0.497 e. The highest BCUT2D eigenvalue weighted by molar-refractivity contribution is 5.92. The number of anilines is 1. The predicted molar refractivity (Wildman–Crippen MR) is 115 cm³/mol. The van der Waals surface area contributed by atoms with Gasteiger partial charge in [-0.1, -0.05) is 30.3 Å². The molecule has 0 atom stereocenters. The monoisotopic (exact) mass is 391 g/mol. The number of rotatable bonds is 9. The van der Waals surface area contributed by atoms with E-state index in [1.54, 1.807) is 14.2 Å². The lowest BCUT2D eigenvalue weighted by atomic mass is 10.0. The Morgan fingerprint density at radius 1 is 0.862 bits per heavy atom. The molecule has 0 saturated carbocycles. The number of carbonyl (C=O) groups excluding carboxylic acids is 1. The van der Waals surface area contributed by atoms with Crippen LogP contribution in [-0.4, -0.2) is 26.7 Å². The fourth-order valence-electron chi connectivity index (χ4n) is 2.94. The Balaban J connectivity index is 1.59. The molecule has 3 aromatic carbocycles. The molecule has 0 fully saturated rings. The van der Waals surface area contributed by atoms with Crippen molar-refractivity contribution < 1.29 is 19.0 Å². The Kier molecular flexibility index (Phi) is 7.11. The SMILES string of the molecule is COc1ccc(-c2cc(NC(=O)CCCOc3ccccc3)ccc2OC)cc1. The predicted octanol–water partition coefficient (Wildman–Crippen LogP) is 5.17. The fourth-order valence-corrected chi connectivity index (χ4v) is 2.94. The summed E-state index contributed by atoms with van der Waals surface area (Å²) in [5, 5.41) is 2.95. The van der Waals surface area contributed by atoms with Crippen LogP contribution in [0.5, 0.6) is 17.2 Å². The first-order valence-electron chi connectivity index (χ1n) is 9.50. The van der Waals surface area contributed by atoms with Crippen LogP contribution in [0.1, 0.15) is 12.8 Å². The first kappa shape index (κ1) is 20.3. The molecule has 0 aliphatic carbocycles. The summed E-state index contributed by atoms with van der Waals surface area (Å²) in [6.07, 6.45) is 1.03. The molecule has 3 rings (SSSR count). The fraction of sp³-hybridized carbons (Fsp3) is 0.208. The van der Waals surface area contributed by atoms with E-state index in [9.17, 15) is 4.79 Å². The van der Waals surface area contributed by atoms with Gasteiger partial charge in [0.25, 0.3) is 0 Å². The number of amides is 1. The van der Waals surface area contributed by atoms with Crippen LogP contribution >= 0.6 is 0 Å². The zero-order valence-corrected chi connectivity index (χ0v) is 16.7. The maximum atomic E-state index is 12.3. The molecule has 150 valence electrons. The number of hydrogen-bond donors (Lipinski definition) is 1.